The molecule has 1 heterocycles. The molecule has 0 spiro atoms. The highest BCUT2D eigenvalue weighted by molar-refractivity contribution is 6.61. The molecule has 1 unspecified atom stereocenters. The van der Waals surface area contributed by atoms with E-state index in [1.807, 2.05) is 50.2 Å². The third kappa shape index (κ3) is 3.61. The van der Waals surface area contributed by atoms with Crippen LogP contribution in [0.2, 0.25) is 0 Å². The van der Waals surface area contributed by atoms with Crippen molar-refractivity contribution >= 4 is 24.4 Å². The van der Waals surface area contributed by atoms with Gasteiger partial charge < -0.3 is 14.4 Å². The molecule has 6 heteroatoms. The van der Waals surface area contributed by atoms with Crippen LogP contribution in [-0.2, 0) is 16.0 Å². The first-order valence-electron chi connectivity index (χ1n) is 7.99. The Kier molecular flexibility index (Phi) is 4.88. The third-order valence-corrected chi connectivity index (χ3v) is 4.00. The average molecular weight is 325 g/mol. The number of carbonyl (C=O) groups excluding carboxylic acids is 1. The van der Waals surface area contributed by atoms with Crippen LogP contribution in [0.25, 0.3) is 0 Å². The fourth-order valence-corrected chi connectivity index (χ4v) is 2.80. The predicted molar refractivity (Wildman–Crippen MR) is 93.0 cm³/mol. The van der Waals surface area contributed by atoms with Crippen LogP contribution in [0, 0.1) is 5.92 Å². The maximum Gasteiger partial charge on any atom is 0.492 e. The number of fused-ring (bicyclic) bond motifs is 1. The standard InChI is InChI=1S/C18H20BNO4/c1-12(2)17-15-9-8-14(10-16(15)19(22)24-17)20-18(21)23-11-13-6-4-3-5-7-13/h3-10,12,17,22H,11H2,1-2H3,(H,20,21). The SMILES string of the molecule is CC(C)C1OB(O)c2cc(NC(=O)OCc3ccccc3)ccc21. The lowest BCUT2D eigenvalue weighted by Gasteiger charge is -2.16. The summed E-state index contributed by atoms with van der Waals surface area (Å²) in [6.45, 7) is 4.29. The van der Waals surface area contributed by atoms with Crippen molar-refractivity contribution in [2.75, 3.05) is 5.32 Å². The lowest BCUT2D eigenvalue weighted by atomic mass is 9.78. The molecule has 2 N–H and O–H groups in total. The monoisotopic (exact) mass is 325 g/mol. The number of ether oxygens (including phenoxy) is 1. The molecule has 24 heavy (non-hydrogen) atoms. The van der Waals surface area contributed by atoms with Gasteiger partial charge in [0.25, 0.3) is 0 Å². The molecule has 0 saturated heterocycles. The highest BCUT2D eigenvalue weighted by Gasteiger charge is 2.36. The maximum absolute atomic E-state index is 11.9. The van der Waals surface area contributed by atoms with Crippen molar-refractivity contribution in [1.82, 2.24) is 0 Å². The molecule has 3 rings (SSSR count). The Balaban J connectivity index is 1.64. The second kappa shape index (κ2) is 7.07. The van der Waals surface area contributed by atoms with E-state index in [-0.39, 0.29) is 18.6 Å². The van der Waals surface area contributed by atoms with Crippen molar-refractivity contribution in [2.24, 2.45) is 5.92 Å². The second-order valence-corrected chi connectivity index (χ2v) is 6.18. The van der Waals surface area contributed by atoms with Crippen molar-refractivity contribution in [3.63, 3.8) is 0 Å². The Bertz CT molecular complexity index is 720. The van der Waals surface area contributed by atoms with Crippen molar-refractivity contribution in [1.29, 1.82) is 0 Å². The first kappa shape index (κ1) is 16.5. The summed E-state index contributed by atoms with van der Waals surface area (Å²) in [5, 5.41) is 12.7. The molecule has 2 aromatic carbocycles. The second-order valence-electron chi connectivity index (χ2n) is 6.18. The van der Waals surface area contributed by atoms with E-state index in [1.54, 1.807) is 12.1 Å². The molecule has 0 saturated carbocycles. The number of rotatable bonds is 4. The minimum absolute atomic E-state index is 0.130. The van der Waals surface area contributed by atoms with Gasteiger partial charge in [-0.1, -0.05) is 50.2 Å². The number of hydrogen-bond donors (Lipinski definition) is 2. The number of amides is 1. The molecule has 2 aromatic rings. The summed E-state index contributed by atoms with van der Waals surface area (Å²) < 4.78 is 10.8. The molecule has 0 fully saturated rings. The predicted octanol–water partition coefficient (Wildman–Crippen LogP) is 2.85. The van der Waals surface area contributed by atoms with Crippen LogP contribution < -0.4 is 10.8 Å². The number of hydrogen-bond acceptors (Lipinski definition) is 4. The topological polar surface area (TPSA) is 67.8 Å². The molecule has 1 aliphatic heterocycles. The molecular formula is C18H20BNO4. The van der Waals surface area contributed by atoms with Crippen LogP contribution in [0.4, 0.5) is 10.5 Å². The van der Waals surface area contributed by atoms with Crippen molar-refractivity contribution in [2.45, 2.75) is 26.6 Å². The quantitative estimate of drug-likeness (QED) is 0.848. The van der Waals surface area contributed by atoms with Gasteiger partial charge >= 0.3 is 13.2 Å². The van der Waals surface area contributed by atoms with Crippen LogP contribution in [0.1, 0.15) is 31.1 Å². The number of benzene rings is 2. The zero-order chi connectivity index (χ0) is 17.1. The Morgan fingerprint density at radius 2 is 2.04 bits per heavy atom. The van der Waals surface area contributed by atoms with E-state index in [0.29, 0.717) is 11.2 Å². The summed E-state index contributed by atoms with van der Waals surface area (Å²) in [5.41, 5.74) is 3.14. The molecular weight excluding hydrogens is 305 g/mol. The molecule has 0 aliphatic carbocycles. The van der Waals surface area contributed by atoms with E-state index in [0.717, 1.165) is 11.1 Å². The summed E-state index contributed by atoms with van der Waals surface area (Å²) in [6.07, 6.45) is -0.665. The highest BCUT2D eigenvalue weighted by Crippen LogP contribution is 2.31. The third-order valence-electron chi connectivity index (χ3n) is 4.00. The van der Waals surface area contributed by atoms with Crippen molar-refractivity contribution in [3.8, 4) is 0 Å². The minimum Gasteiger partial charge on any atom is -0.444 e. The average Bonchev–Trinajstić information content (AvgIpc) is 2.91. The van der Waals surface area contributed by atoms with E-state index in [4.69, 9.17) is 9.39 Å². The van der Waals surface area contributed by atoms with Crippen LogP contribution in [0.15, 0.2) is 48.5 Å². The summed E-state index contributed by atoms with van der Waals surface area (Å²) in [7, 11) is -0.963. The first-order chi connectivity index (χ1) is 11.5. The summed E-state index contributed by atoms with van der Waals surface area (Å²) in [4.78, 5) is 11.9. The smallest absolute Gasteiger partial charge is 0.444 e. The van der Waals surface area contributed by atoms with Crippen molar-refractivity contribution in [3.05, 3.63) is 59.7 Å². The molecule has 0 bridgehead atoms. The number of nitrogens with one attached hydrogen (secondary N) is 1. The van der Waals surface area contributed by atoms with Crippen LogP contribution in [-0.4, -0.2) is 18.2 Å². The minimum atomic E-state index is -0.963. The zero-order valence-corrected chi connectivity index (χ0v) is 13.7. The van der Waals surface area contributed by atoms with Crippen LogP contribution in [0.3, 0.4) is 0 Å². The Labute approximate surface area is 141 Å². The van der Waals surface area contributed by atoms with E-state index >= 15 is 0 Å². The Morgan fingerprint density at radius 1 is 1.29 bits per heavy atom. The molecule has 124 valence electrons. The van der Waals surface area contributed by atoms with E-state index in [1.165, 1.54) is 0 Å². The largest absolute Gasteiger partial charge is 0.492 e. The van der Waals surface area contributed by atoms with Gasteiger partial charge in [-0.2, -0.15) is 0 Å². The lowest BCUT2D eigenvalue weighted by Crippen LogP contribution is -2.28. The maximum atomic E-state index is 11.9. The molecule has 1 aliphatic rings. The molecule has 0 aromatic heterocycles. The van der Waals surface area contributed by atoms with Gasteiger partial charge in [0.1, 0.15) is 6.61 Å². The number of anilines is 1. The summed E-state index contributed by atoms with van der Waals surface area (Å²) in [5.74, 6) is 0.260. The molecule has 1 atom stereocenters. The highest BCUT2D eigenvalue weighted by atomic mass is 16.5. The normalized spacial score (nSPS) is 16.2. The summed E-state index contributed by atoms with van der Waals surface area (Å²) >= 11 is 0. The van der Waals surface area contributed by atoms with Crippen LogP contribution in [0.5, 0.6) is 0 Å². The van der Waals surface area contributed by atoms with Gasteiger partial charge in [-0.05, 0) is 34.6 Å². The van der Waals surface area contributed by atoms with Gasteiger partial charge in [-0.25, -0.2) is 4.79 Å². The van der Waals surface area contributed by atoms with E-state index < -0.39 is 13.2 Å². The fraction of sp³-hybridized carbons (Fsp3) is 0.278. The Morgan fingerprint density at radius 3 is 2.75 bits per heavy atom. The van der Waals surface area contributed by atoms with Gasteiger partial charge in [0, 0.05) is 5.69 Å². The molecule has 5 nitrogen and oxygen atoms in total. The van der Waals surface area contributed by atoms with E-state index in [9.17, 15) is 9.82 Å². The van der Waals surface area contributed by atoms with Gasteiger partial charge in [0.15, 0.2) is 0 Å². The first-order valence-corrected chi connectivity index (χ1v) is 7.99. The van der Waals surface area contributed by atoms with Gasteiger partial charge in [0.2, 0.25) is 0 Å². The fourth-order valence-electron chi connectivity index (χ4n) is 2.80. The zero-order valence-electron chi connectivity index (χ0n) is 13.7. The number of carbonyl (C=O) groups is 1. The molecule has 1 amide bonds. The van der Waals surface area contributed by atoms with E-state index in [2.05, 4.69) is 5.32 Å². The van der Waals surface area contributed by atoms with Crippen molar-refractivity contribution < 1.29 is 19.2 Å². The lowest BCUT2D eigenvalue weighted by molar-refractivity contribution is 0.143. The van der Waals surface area contributed by atoms with Gasteiger partial charge in [0.05, 0.1) is 6.10 Å². The van der Waals surface area contributed by atoms with Gasteiger partial charge in [-0.3, -0.25) is 5.32 Å². The molecule has 0 radical (unpaired) electrons. The van der Waals surface area contributed by atoms with Crippen LogP contribution >= 0.6 is 0 Å². The summed E-state index contributed by atoms with van der Waals surface area (Å²) in [6, 6.07) is 14.9. The van der Waals surface area contributed by atoms with Gasteiger partial charge in [-0.15, -0.1) is 0 Å². The Hall–Kier alpha value is -2.31.